The van der Waals surface area contributed by atoms with Gasteiger partial charge in [0.25, 0.3) is 0 Å². The number of aromatic amines is 1. The maximum atomic E-state index is 10.7. The monoisotopic (exact) mass is 125 g/mol. The van der Waals surface area contributed by atoms with E-state index in [-0.39, 0.29) is 5.78 Å². The molecule has 1 rings (SSSR count). The van der Waals surface area contributed by atoms with Crippen molar-refractivity contribution in [1.29, 1.82) is 0 Å². The third kappa shape index (κ3) is 1.13. The molecule has 0 amide bonds. The van der Waals surface area contributed by atoms with Crippen molar-refractivity contribution in [1.82, 2.24) is 15.2 Å². The van der Waals surface area contributed by atoms with Crippen LogP contribution in [0.5, 0.6) is 0 Å². The van der Waals surface area contributed by atoms with E-state index in [4.69, 9.17) is 0 Å². The van der Waals surface area contributed by atoms with Crippen LogP contribution in [-0.2, 0) is 0 Å². The molecule has 48 valence electrons. The molecule has 4 heteroatoms. The molecule has 0 aliphatic rings. The van der Waals surface area contributed by atoms with E-state index in [0.29, 0.717) is 12.2 Å². The Morgan fingerprint density at radius 2 is 2.67 bits per heavy atom. The van der Waals surface area contributed by atoms with Crippen LogP contribution in [0, 0.1) is 0 Å². The van der Waals surface area contributed by atoms with Crippen molar-refractivity contribution >= 4 is 5.78 Å². The second kappa shape index (κ2) is 2.39. The highest BCUT2D eigenvalue weighted by atomic mass is 16.1. The first-order valence-corrected chi connectivity index (χ1v) is 2.73. The zero-order chi connectivity index (χ0) is 6.69. The molecular weight excluding hydrogens is 118 g/mol. The van der Waals surface area contributed by atoms with Gasteiger partial charge in [0.1, 0.15) is 6.33 Å². The van der Waals surface area contributed by atoms with Crippen LogP contribution in [0.3, 0.4) is 0 Å². The maximum absolute atomic E-state index is 10.7. The number of nitrogens with one attached hydrogen (secondary N) is 1. The Balaban J connectivity index is 2.77. The lowest BCUT2D eigenvalue weighted by Crippen LogP contribution is -1.98. The quantitative estimate of drug-likeness (QED) is 0.582. The Hall–Kier alpha value is -1.19. The Morgan fingerprint density at radius 1 is 1.89 bits per heavy atom. The fourth-order valence-corrected chi connectivity index (χ4v) is 0.507. The number of aromatic nitrogens is 3. The van der Waals surface area contributed by atoms with Gasteiger partial charge < -0.3 is 0 Å². The molecule has 0 aromatic carbocycles. The van der Waals surface area contributed by atoms with Gasteiger partial charge in [-0.05, 0) is 0 Å². The lowest BCUT2D eigenvalue weighted by Gasteiger charge is -1.84. The van der Waals surface area contributed by atoms with Crippen LogP contribution in [0.1, 0.15) is 24.0 Å². The van der Waals surface area contributed by atoms with E-state index < -0.39 is 0 Å². The Bertz CT molecular complexity index is 192. The summed E-state index contributed by atoms with van der Waals surface area (Å²) in [4.78, 5) is 14.4. The molecule has 0 atom stereocenters. The predicted octanol–water partition coefficient (Wildman–Crippen LogP) is 0.397. The summed E-state index contributed by atoms with van der Waals surface area (Å²) >= 11 is 0. The smallest absolute Gasteiger partial charge is 0.199 e. The molecule has 0 fully saturated rings. The van der Waals surface area contributed by atoms with Gasteiger partial charge >= 0.3 is 0 Å². The van der Waals surface area contributed by atoms with Crippen molar-refractivity contribution in [3.8, 4) is 0 Å². The first-order valence-electron chi connectivity index (χ1n) is 2.73. The summed E-state index contributed by atoms with van der Waals surface area (Å²) in [5, 5.41) is 6.01. The first kappa shape index (κ1) is 5.94. The van der Waals surface area contributed by atoms with Gasteiger partial charge in [-0.25, -0.2) is 4.98 Å². The van der Waals surface area contributed by atoms with Gasteiger partial charge in [-0.2, -0.15) is 5.10 Å². The van der Waals surface area contributed by atoms with Crippen LogP contribution in [-0.4, -0.2) is 21.0 Å². The number of hydrogen-bond donors (Lipinski definition) is 1. The van der Waals surface area contributed by atoms with Gasteiger partial charge in [0, 0.05) is 6.42 Å². The van der Waals surface area contributed by atoms with Crippen molar-refractivity contribution in [2.75, 3.05) is 0 Å². The van der Waals surface area contributed by atoms with Gasteiger partial charge in [-0.1, -0.05) is 6.92 Å². The summed E-state index contributed by atoms with van der Waals surface area (Å²) < 4.78 is 0. The summed E-state index contributed by atoms with van der Waals surface area (Å²) in [6, 6.07) is 0. The van der Waals surface area contributed by atoms with Crippen molar-refractivity contribution in [2.24, 2.45) is 0 Å². The van der Waals surface area contributed by atoms with Gasteiger partial charge in [-0.15, -0.1) is 0 Å². The Kier molecular flexibility index (Phi) is 1.58. The summed E-state index contributed by atoms with van der Waals surface area (Å²) in [5.41, 5.74) is 0. The average molecular weight is 125 g/mol. The third-order valence-corrected chi connectivity index (χ3v) is 1.00. The van der Waals surface area contributed by atoms with Gasteiger partial charge in [0.2, 0.25) is 0 Å². The van der Waals surface area contributed by atoms with Gasteiger partial charge in [0.05, 0.1) is 0 Å². The molecule has 0 radical (unpaired) electrons. The molecule has 0 unspecified atom stereocenters. The number of carbonyl (C=O) groups is 1. The Labute approximate surface area is 52.3 Å². The van der Waals surface area contributed by atoms with Crippen LogP contribution >= 0.6 is 0 Å². The molecule has 0 aliphatic heterocycles. The fraction of sp³-hybridized carbons (Fsp3) is 0.400. The molecule has 0 aliphatic carbocycles. The van der Waals surface area contributed by atoms with Crippen LogP contribution in [0.15, 0.2) is 6.33 Å². The van der Waals surface area contributed by atoms with Crippen LogP contribution < -0.4 is 0 Å². The fourth-order valence-electron chi connectivity index (χ4n) is 0.507. The van der Waals surface area contributed by atoms with E-state index in [0.717, 1.165) is 0 Å². The lowest BCUT2D eigenvalue weighted by atomic mass is 10.3. The number of nitrogens with zero attached hydrogens (tertiary/aromatic N) is 2. The SMILES string of the molecule is CCC(=O)c1ncn[nH]1. The van der Waals surface area contributed by atoms with E-state index in [1.54, 1.807) is 6.92 Å². The largest absolute Gasteiger partial charge is 0.291 e. The van der Waals surface area contributed by atoms with E-state index >= 15 is 0 Å². The zero-order valence-corrected chi connectivity index (χ0v) is 5.09. The molecular formula is C5H7N3O. The number of rotatable bonds is 2. The highest BCUT2D eigenvalue weighted by Gasteiger charge is 2.03. The van der Waals surface area contributed by atoms with Crippen molar-refractivity contribution in [3.63, 3.8) is 0 Å². The maximum Gasteiger partial charge on any atom is 0.199 e. The molecule has 0 spiro atoms. The number of hydrogen-bond acceptors (Lipinski definition) is 3. The standard InChI is InChI=1S/C5H7N3O/c1-2-4(9)5-6-3-7-8-5/h3H,2H2,1H3,(H,6,7,8). The third-order valence-electron chi connectivity index (χ3n) is 1.00. The van der Waals surface area contributed by atoms with E-state index in [9.17, 15) is 4.79 Å². The molecule has 1 N–H and O–H groups in total. The van der Waals surface area contributed by atoms with Crippen molar-refractivity contribution in [3.05, 3.63) is 12.2 Å². The van der Waals surface area contributed by atoms with Crippen LogP contribution in [0.25, 0.3) is 0 Å². The topological polar surface area (TPSA) is 58.6 Å². The van der Waals surface area contributed by atoms with E-state index in [1.807, 2.05) is 0 Å². The predicted molar refractivity (Wildman–Crippen MR) is 31.0 cm³/mol. The summed E-state index contributed by atoms with van der Waals surface area (Å²) in [6.45, 7) is 1.78. The summed E-state index contributed by atoms with van der Waals surface area (Å²) in [7, 11) is 0. The molecule has 0 saturated carbocycles. The first-order chi connectivity index (χ1) is 4.34. The van der Waals surface area contributed by atoms with Gasteiger partial charge in [-0.3, -0.25) is 9.89 Å². The molecule has 0 saturated heterocycles. The second-order valence-electron chi connectivity index (χ2n) is 1.61. The van der Waals surface area contributed by atoms with Crippen molar-refractivity contribution in [2.45, 2.75) is 13.3 Å². The molecule has 0 bridgehead atoms. The summed E-state index contributed by atoms with van der Waals surface area (Å²) in [5.74, 6) is 0.338. The molecule has 1 aromatic heterocycles. The molecule has 9 heavy (non-hydrogen) atoms. The van der Waals surface area contributed by atoms with E-state index in [2.05, 4.69) is 15.2 Å². The number of ketones is 1. The normalized spacial score (nSPS) is 9.44. The molecule has 4 nitrogen and oxygen atoms in total. The molecule has 1 heterocycles. The lowest BCUT2D eigenvalue weighted by molar-refractivity contribution is 0.0978. The van der Waals surface area contributed by atoms with Crippen LogP contribution in [0.4, 0.5) is 0 Å². The number of H-pyrrole nitrogens is 1. The number of carbonyl (C=O) groups excluding carboxylic acids is 1. The minimum atomic E-state index is -0.00694. The minimum absolute atomic E-state index is 0.00694. The second-order valence-corrected chi connectivity index (χ2v) is 1.61. The minimum Gasteiger partial charge on any atom is -0.291 e. The molecule has 1 aromatic rings. The van der Waals surface area contributed by atoms with E-state index in [1.165, 1.54) is 6.33 Å². The average Bonchev–Trinajstić information content (AvgIpc) is 2.37. The highest BCUT2D eigenvalue weighted by Crippen LogP contribution is 1.90. The summed E-state index contributed by atoms with van der Waals surface area (Å²) in [6.07, 6.45) is 1.79. The van der Waals surface area contributed by atoms with Crippen LogP contribution in [0.2, 0.25) is 0 Å². The van der Waals surface area contributed by atoms with Crippen molar-refractivity contribution < 1.29 is 4.79 Å². The Morgan fingerprint density at radius 3 is 3.11 bits per heavy atom. The number of Topliss-reactive ketones (excluding diaryl/α,β-unsaturated/α-hetero) is 1. The zero-order valence-electron chi connectivity index (χ0n) is 5.09. The highest BCUT2D eigenvalue weighted by molar-refractivity contribution is 5.91. The van der Waals surface area contributed by atoms with Gasteiger partial charge in [0.15, 0.2) is 11.6 Å².